The molecule has 74 valence electrons. The Morgan fingerprint density at radius 3 is 2.80 bits per heavy atom. The summed E-state index contributed by atoms with van der Waals surface area (Å²) in [6.45, 7) is 1.92. The fourth-order valence-electron chi connectivity index (χ4n) is 1.63. The van der Waals surface area contributed by atoms with Crippen LogP contribution in [0.25, 0.3) is 16.9 Å². The van der Waals surface area contributed by atoms with Gasteiger partial charge in [0.1, 0.15) is 0 Å². The van der Waals surface area contributed by atoms with Crippen LogP contribution in [0.2, 0.25) is 0 Å². The van der Waals surface area contributed by atoms with Gasteiger partial charge < -0.3 is 4.42 Å². The van der Waals surface area contributed by atoms with Gasteiger partial charge in [-0.05, 0) is 19.1 Å². The summed E-state index contributed by atoms with van der Waals surface area (Å²) < 4.78 is 7.08. The summed E-state index contributed by atoms with van der Waals surface area (Å²) in [7, 11) is 0. The minimum absolute atomic E-state index is 0.693. The summed E-state index contributed by atoms with van der Waals surface area (Å²) in [4.78, 5) is 4.11. The van der Waals surface area contributed by atoms with Crippen LogP contribution in [0.4, 0.5) is 0 Å². The van der Waals surface area contributed by atoms with Gasteiger partial charge in [0, 0.05) is 0 Å². The number of aryl methyl sites for hydroxylation is 1. The van der Waals surface area contributed by atoms with Crippen molar-refractivity contribution in [2.24, 2.45) is 0 Å². The van der Waals surface area contributed by atoms with Gasteiger partial charge in [-0.15, -0.1) is 0 Å². The fourth-order valence-corrected chi connectivity index (χ4v) is 1.63. The fraction of sp³-hybridized carbons (Fsp3) is 0.0909. The molecule has 0 aliphatic carbocycles. The van der Waals surface area contributed by atoms with Gasteiger partial charge in [0.25, 0.3) is 0 Å². The molecular formula is C11H9N3O. The van der Waals surface area contributed by atoms with Crippen LogP contribution in [0, 0.1) is 6.92 Å². The van der Waals surface area contributed by atoms with E-state index in [1.165, 1.54) is 6.39 Å². The molecule has 4 nitrogen and oxygen atoms in total. The molecular weight excluding hydrogens is 190 g/mol. The van der Waals surface area contributed by atoms with Crippen LogP contribution in [0.5, 0.6) is 0 Å². The smallest absolute Gasteiger partial charge is 0.250 e. The number of benzene rings is 1. The Kier molecular flexibility index (Phi) is 1.62. The molecule has 4 heteroatoms. The van der Waals surface area contributed by atoms with E-state index in [0.717, 1.165) is 16.9 Å². The molecule has 0 N–H and O–H groups in total. The number of aromatic nitrogens is 3. The van der Waals surface area contributed by atoms with E-state index in [9.17, 15) is 0 Å². The quantitative estimate of drug-likeness (QED) is 0.604. The summed E-state index contributed by atoms with van der Waals surface area (Å²) in [5.74, 6) is 0. The van der Waals surface area contributed by atoms with E-state index in [2.05, 4.69) is 10.1 Å². The number of hydrogen-bond donors (Lipinski definition) is 0. The van der Waals surface area contributed by atoms with Crippen LogP contribution >= 0.6 is 0 Å². The van der Waals surface area contributed by atoms with Crippen molar-refractivity contribution in [1.82, 2.24) is 14.8 Å². The first-order valence-corrected chi connectivity index (χ1v) is 4.70. The van der Waals surface area contributed by atoms with Gasteiger partial charge in [0.05, 0.1) is 11.4 Å². The van der Waals surface area contributed by atoms with Gasteiger partial charge in [-0.3, -0.25) is 0 Å². The molecule has 2 aromatic heterocycles. The highest BCUT2D eigenvalue weighted by molar-refractivity contribution is 5.73. The molecule has 0 saturated heterocycles. The van der Waals surface area contributed by atoms with Crippen LogP contribution in [-0.2, 0) is 0 Å². The lowest BCUT2D eigenvalue weighted by Crippen LogP contribution is -1.95. The van der Waals surface area contributed by atoms with E-state index in [4.69, 9.17) is 4.42 Å². The highest BCUT2D eigenvalue weighted by atomic mass is 16.3. The Morgan fingerprint density at radius 2 is 2.00 bits per heavy atom. The van der Waals surface area contributed by atoms with Crippen molar-refractivity contribution in [1.29, 1.82) is 0 Å². The second kappa shape index (κ2) is 2.95. The highest BCUT2D eigenvalue weighted by Gasteiger charge is 2.12. The molecule has 0 spiro atoms. The topological polar surface area (TPSA) is 43.9 Å². The first-order chi connectivity index (χ1) is 7.36. The van der Waals surface area contributed by atoms with E-state index in [0.29, 0.717) is 5.71 Å². The zero-order valence-corrected chi connectivity index (χ0v) is 8.21. The van der Waals surface area contributed by atoms with Gasteiger partial charge >= 0.3 is 0 Å². The van der Waals surface area contributed by atoms with Gasteiger partial charge in [-0.25, -0.2) is 4.98 Å². The molecule has 0 atom stereocenters. The standard InChI is InChI=1S/C11H9N3O/c1-8-10-11(15-7-12-10)14(13-8)9-5-3-2-4-6-9/h2-7H,1H3. The van der Waals surface area contributed by atoms with Crippen molar-refractivity contribution in [2.45, 2.75) is 6.92 Å². The average molecular weight is 199 g/mol. The van der Waals surface area contributed by atoms with Crippen molar-refractivity contribution in [3.05, 3.63) is 42.4 Å². The molecule has 15 heavy (non-hydrogen) atoms. The molecule has 1 aromatic carbocycles. The molecule has 0 saturated carbocycles. The number of rotatable bonds is 1. The Balaban J connectivity index is 2.32. The first kappa shape index (κ1) is 8.23. The predicted octanol–water partition coefficient (Wildman–Crippen LogP) is 2.32. The number of hydrogen-bond acceptors (Lipinski definition) is 3. The number of nitrogens with zero attached hydrogens (tertiary/aromatic N) is 3. The number of fused-ring (bicyclic) bond motifs is 1. The van der Waals surface area contributed by atoms with E-state index in [1.54, 1.807) is 4.68 Å². The maximum absolute atomic E-state index is 5.31. The Bertz CT molecular complexity index is 595. The zero-order valence-electron chi connectivity index (χ0n) is 8.21. The molecule has 0 unspecified atom stereocenters. The van der Waals surface area contributed by atoms with Crippen molar-refractivity contribution >= 4 is 11.2 Å². The monoisotopic (exact) mass is 199 g/mol. The summed E-state index contributed by atoms with van der Waals surface area (Å²) in [5.41, 5.74) is 3.37. The molecule has 0 bridgehead atoms. The normalized spacial score (nSPS) is 11.0. The minimum atomic E-state index is 0.693. The van der Waals surface area contributed by atoms with Crippen molar-refractivity contribution in [2.75, 3.05) is 0 Å². The highest BCUT2D eigenvalue weighted by Crippen LogP contribution is 2.19. The van der Waals surface area contributed by atoms with Gasteiger partial charge in [-0.2, -0.15) is 9.78 Å². The third-order valence-corrected chi connectivity index (χ3v) is 2.33. The van der Waals surface area contributed by atoms with Gasteiger partial charge in [0.2, 0.25) is 5.71 Å². The maximum atomic E-state index is 5.31. The lowest BCUT2D eigenvalue weighted by Gasteiger charge is -1.99. The third kappa shape index (κ3) is 1.15. The van der Waals surface area contributed by atoms with Crippen molar-refractivity contribution in [3.63, 3.8) is 0 Å². The van der Waals surface area contributed by atoms with E-state index < -0.39 is 0 Å². The molecule has 3 rings (SSSR count). The Hall–Kier alpha value is -2.10. The largest absolute Gasteiger partial charge is 0.425 e. The summed E-state index contributed by atoms with van der Waals surface area (Å²) >= 11 is 0. The zero-order chi connectivity index (χ0) is 10.3. The predicted molar refractivity (Wildman–Crippen MR) is 55.9 cm³/mol. The second-order valence-corrected chi connectivity index (χ2v) is 3.34. The minimum Gasteiger partial charge on any atom is -0.425 e. The number of para-hydroxylation sites is 1. The Labute approximate surface area is 86.2 Å². The van der Waals surface area contributed by atoms with Crippen LogP contribution < -0.4 is 0 Å². The average Bonchev–Trinajstić information content (AvgIpc) is 2.84. The van der Waals surface area contributed by atoms with Crippen LogP contribution in [0.3, 0.4) is 0 Å². The summed E-state index contributed by atoms with van der Waals surface area (Å²) in [6, 6.07) is 9.86. The molecule has 0 aliphatic heterocycles. The lowest BCUT2D eigenvalue weighted by atomic mass is 10.3. The molecule has 3 aromatic rings. The van der Waals surface area contributed by atoms with Crippen molar-refractivity contribution < 1.29 is 4.42 Å². The van der Waals surface area contributed by atoms with Crippen molar-refractivity contribution in [3.8, 4) is 5.69 Å². The molecule has 0 amide bonds. The number of oxazole rings is 1. The molecule has 0 aliphatic rings. The molecule has 2 heterocycles. The van der Waals surface area contributed by atoms with Gasteiger partial charge in [-0.1, -0.05) is 18.2 Å². The third-order valence-electron chi connectivity index (χ3n) is 2.33. The van der Waals surface area contributed by atoms with E-state index in [1.807, 2.05) is 37.3 Å². The lowest BCUT2D eigenvalue weighted by molar-refractivity contribution is 0.571. The molecule has 0 fully saturated rings. The Morgan fingerprint density at radius 1 is 1.20 bits per heavy atom. The molecule has 0 radical (unpaired) electrons. The summed E-state index contributed by atoms with van der Waals surface area (Å²) in [5, 5.41) is 4.38. The van der Waals surface area contributed by atoms with E-state index in [-0.39, 0.29) is 0 Å². The van der Waals surface area contributed by atoms with Gasteiger partial charge in [0.15, 0.2) is 11.9 Å². The van der Waals surface area contributed by atoms with Crippen LogP contribution in [-0.4, -0.2) is 14.8 Å². The van der Waals surface area contributed by atoms with Crippen LogP contribution in [0.15, 0.2) is 41.1 Å². The second-order valence-electron chi connectivity index (χ2n) is 3.34. The maximum Gasteiger partial charge on any atom is 0.250 e. The summed E-state index contributed by atoms with van der Waals surface area (Å²) in [6.07, 6.45) is 1.44. The first-order valence-electron chi connectivity index (χ1n) is 4.70. The van der Waals surface area contributed by atoms with E-state index >= 15 is 0 Å². The SMILES string of the molecule is Cc1nn(-c2ccccc2)c2ocnc12. The van der Waals surface area contributed by atoms with Crippen LogP contribution in [0.1, 0.15) is 5.69 Å².